The van der Waals surface area contributed by atoms with E-state index >= 15 is 0 Å². The van der Waals surface area contributed by atoms with Crippen LogP contribution in [0.2, 0.25) is 0 Å². The van der Waals surface area contributed by atoms with Crippen LogP contribution in [0.15, 0.2) is 47.8 Å². The van der Waals surface area contributed by atoms with Gasteiger partial charge in [-0.2, -0.15) is 0 Å². The summed E-state index contributed by atoms with van der Waals surface area (Å²) >= 11 is 0. The van der Waals surface area contributed by atoms with Crippen molar-refractivity contribution < 1.29 is 18.3 Å². The molecule has 1 amide bonds. The molecule has 0 aliphatic carbocycles. The van der Waals surface area contributed by atoms with Crippen LogP contribution in [0.3, 0.4) is 0 Å². The number of pyridine rings is 2. The summed E-state index contributed by atoms with van der Waals surface area (Å²) < 4.78 is 33.7. The zero-order chi connectivity index (χ0) is 17.5. The molecule has 4 heterocycles. The first kappa shape index (κ1) is 16.1. The molecule has 25 heavy (non-hydrogen) atoms. The minimum atomic E-state index is -3.77. The molecule has 130 valence electrons. The van der Waals surface area contributed by atoms with Gasteiger partial charge in [-0.1, -0.05) is 4.21 Å². The summed E-state index contributed by atoms with van der Waals surface area (Å²) in [5.74, 6) is -0.0898. The van der Waals surface area contributed by atoms with Crippen molar-refractivity contribution in [3.8, 4) is 5.88 Å². The molecule has 2 aliphatic rings. The third-order valence-corrected chi connectivity index (χ3v) is 6.00. The quantitative estimate of drug-likeness (QED) is 0.748. The molecule has 2 atom stereocenters. The third kappa shape index (κ3) is 2.90. The van der Waals surface area contributed by atoms with Gasteiger partial charge in [-0.25, -0.2) is 4.98 Å². The van der Waals surface area contributed by atoms with Crippen LogP contribution in [0.5, 0.6) is 5.88 Å². The Morgan fingerprint density at radius 3 is 3.00 bits per heavy atom. The first-order valence-electron chi connectivity index (χ1n) is 7.80. The minimum absolute atomic E-state index is 0.0175. The van der Waals surface area contributed by atoms with Crippen molar-refractivity contribution in [3.05, 3.63) is 48.4 Å². The molecular formula is C16H16N4O4S. The largest absolute Gasteiger partial charge is 0.593 e. The average Bonchev–Trinajstić information content (AvgIpc) is 2.99. The number of carbonyl (C=O) groups excluding carboxylic acids is 1. The second-order valence-electron chi connectivity index (χ2n) is 6.20. The summed E-state index contributed by atoms with van der Waals surface area (Å²) in [5.41, 5.74) is -0.390. The van der Waals surface area contributed by atoms with Gasteiger partial charge in [0.1, 0.15) is 12.1 Å². The maximum absolute atomic E-state index is 12.7. The second-order valence-corrected chi connectivity index (χ2v) is 7.85. The number of nitrogens with one attached hydrogen (secondary N) is 1. The lowest BCUT2D eigenvalue weighted by Crippen LogP contribution is -2.55. The van der Waals surface area contributed by atoms with Crippen LogP contribution in [-0.2, 0) is 14.6 Å². The number of nitrogens with zero attached hydrogens (tertiary/aromatic N) is 3. The fourth-order valence-electron chi connectivity index (χ4n) is 3.18. The summed E-state index contributed by atoms with van der Waals surface area (Å²) in [5, 5.41) is 0. The normalized spacial score (nSPS) is 28.3. The number of likely N-dealkylation sites (tertiary alicyclic amines) is 1. The molecule has 0 radical (unpaired) electrons. The van der Waals surface area contributed by atoms with E-state index in [0.717, 1.165) is 0 Å². The van der Waals surface area contributed by atoms with Crippen molar-refractivity contribution in [2.24, 2.45) is 0 Å². The highest BCUT2D eigenvalue weighted by Crippen LogP contribution is 2.34. The summed E-state index contributed by atoms with van der Waals surface area (Å²) in [7, 11) is -3.77. The highest BCUT2D eigenvalue weighted by Gasteiger charge is 2.49. The van der Waals surface area contributed by atoms with Gasteiger partial charge in [-0.05, 0) is 24.6 Å². The van der Waals surface area contributed by atoms with E-state index in [1.165, 1.54) is 18.5 Å². The van der Waals surface area contributed by atoms with Gasteiger partial charge in [-0.3, -0.25) is 9.78 Å². The minimum Gasteiger partial charge on any atom is -0.593 e. The molecule has 4 rings (SSSR count). The molecule has 1 spiro atoms. The molecule has 2 aromatic heterocycles. The Hall–Kier alpha value is -2.36. The van der Waals surface area contributed by atoms with Crippen molar-refractivity contribution in [1.82, 2.24) is 19.6 Å². The van der Waals surface area contributed by atoms with Gasteiger partial charge in [0.15, 0.2) is 10.4 Å². The SMILES string of the molecule is O=C(c1cccnc1)N1CCC2(COc3ncccc3[S+](=O)([O-])N2)C1. The Kier molecular flexibility index (Phi) is 3.78. The number of fused-ring (bicyclic) bond motifs is 1. The molecule has 2 unspecified atom stereocenters. The molecule has 2 aliphatic heterocycles. The number of hydrogen-bond acceptors (Lipinski definition) is 6. The lowest BCUT2D eigenvalue weighted by atomic mass is 10.0. The van der Waals surface area contributed by atoms with Crippen molar-refractivity contribution in [1.29, 1.82) is 0 Å². The fourth-order valence-corrected chi connectivity index (χ4v) is 4.69. The van der Waals surface area contributed by atoms with E-state index in [9.17, 15) is 13.6 Å². The van der Waals surface area contributed by atoms with Crippen molar-refractivity contribution in [2.45, 2.75) is 16.9 Å². The van der Waals surface area contributed by atoms with E-state index in [2.05, 4.69) is 14.7 Å². The van der Waals surface area contributed by atoms with Crippen LogP contribution in [-0.4, -0.2) is 50.6 Å². The summed E-state index contributed by atoms with van der Waals surface area (Å²) in [6, 6.07) is 6.39. The Balaban J connectivity index is 1.59. The molecule has 1 fully saturated rings. The van der Waals surface area contributed by atoms with Gasteiger partial charge in [-0.15, -0.1) is 4.72 Å². The Bertz CT molecular complexity index is 862. The van der Waals surface area contributed by atoms with E-state index in [1.807, 2.05) is 0 Å². The summed E-state index contributed by atoms with van der Waals surface area (Å²) in [4.78, 5) is 22.2. The van der Waals surface area contributed by atoms with E-state index in [1.54, 1.807) is 29.3 Å². The van der Waals surface area contributed by atoms with Crippen molar-refractivity contribution >= 4 is 16.3 Å². The number of rotatable bonds is 1. The van der Waals surface area contributed by atoms with Crippen LogP contribution in [0.1, 0.15) is 16.8 Å². The van der Waals surface area contributed by atoms with E-state index in [-0.39, 0.29) is 29.8 Å². The third-order valence-electron chi connectivity index (χ3n) is 4.41. The van der Waals surface area contributed by atoms with Gasteiger partial charge in [0.2, 0.25) is 4.90 Å². The maximum Gasteiger partial charge on any atom is 0.272 e. The van der Waals surface area contributed by atoms with Gasteiger partial charge >= 0.3 is 0 Å². The number of amides is 1. The summed E-state index contributed by atoms with van der Waals surface area (Å²) in [6.07, 6.45) is 5.05. The zero-order valence-corrected chi connectivity index (χ0v) is 14.1. The van der Waals surface area contributed by atoms with E-state index in [4.69, 9.17) is 4.74 Å². The molecule has 1 saturated heterocycles. The van der Waals surface area contributed by atoms with Crippen molar-refractivity contribution in [2.75, 3.05) is 19.7 Å². The lowest BCUT2D eigenvalue weighted by molar-refractivity contribution is 0.0773. The predicted octanol–water partition coefficient (Wildman–Crippen LogP) is 0.647. The standard InChI is InChI=1S/C16H16N4O4S/c21-15(12-3-1-6-17-9-12)20-8-5-16(10-20)11-24-14-13(4-2-7-18-14)25(22,23)19-16/h1-4,6-7,9H,5,8,10-11H2,(H-,19,22,23). The van der Waals surface area contributed by atoms with Crippen LogP contribution >= 0.6 is 0 Å². The molecule has 0 saturated carbocycles. The fraction of sp³-hybridized carbons (Fsp3) is 0.312. The average molecular weight is 360 g/mol. The molecule has 0 bridgehead atoms. The monoisotopic (exact) mass is 360 g/mol. The predicted molar refractivity (Wildman–Crippen MR) is 87.5 cm³/mol. The van der Waals surface area contributed by atoms with Crippen LogP contribution in [0, 0.1) is 0 Å². The van der Waals surface area contributed by atoms with Crippen LogP contribution < -0.4 is 9.46 Å². The van der Waals surface area contributed by atoms with Gasteiger partial charge in [0, 0.05) is 37.7 Å². The Morgan fingerprint density at radius 1 is 1.36 bits per heavy atom. The topological polar surface area (TPSA) is 107 Å². The first-order valence-corrected chi connectivity index (χ1v) is 9.29. The molecule has 0 aromatic carbocycles. The number of carbonyl (C=O) groups is 1. The smallest absolute Gasteiger partial charge is 0.272 e. The highest BCUT2D eigenvalue weighted by atomic mass is 32.3. The van der Waals surface area contributed by atoms with E-state index < -0.39 is 15.9 Å². The lowest BCUT2D eigenvalue weighted by Gasteiger charge is -2.28. The van der Waals surface area contributed by atoms with Crippen molar-refractivity contribution in [3.63, 3.8) is 0 Å². The molecule has 8 nitrogen and oxygen atoms in total. The number of sulfonamides is 1. The molecule has 1 N–H and O–H groups in total. The first-order chi connectivity index (χ1) is 12.0. The van der Waals surface area contributed by atoms with Crippen LogP contribution in [0.4, 0.5) is 0 Å². The second kappa shape index (κ2) is 5.87. The Morgan fingerprint density at radius 2 is 2.20 bits per heavy atom. The number of ether oxygens (including phenoxy) is 1. The molecular weight excluding hydrogens is 344 g/mol. The number of aromatic nitrogens is 2. The summed E-state index contributed by atoms with van der Waals surface area (Å²) in [6.45, 7) is 0.782. The van der Waals surface area contributed by atoms with E-state index in [0.29, 0.717) is 18.5 Å². The van der Waals surface area contributed by atoms with Gasteiger partial charge in [0.25, 0.3) is 11.8 Å². The van der Waals surface area contributed by atoms with Crippen LogP contribution in [0.25, 0.3) is 0 Å². The zero-order valence-electron chi connectivity index (χ0n) is 13.3. The highest BCUT2D eigenvalue weighted by molar-refractivity contribution is 7.96. The molecule has 2 aromatic rings. The Labute approximate surface area is 145 Å². The number of hydrogen-bond donors (Lipinski definition) is 1. The maximum atomic E-state index is 12.7. The van der Waals surface area contributed by atoms with Gasteiger partial charge < -0.3 is 14.2 Å². The molecule has 9 heteroatoms. The van der Waals surface area contributed by atoms with Gasteiger partial charge in [0.05, 0.1) is 5.56 Å².